The minimum atomic E-state index is -0.212. The zero-order valence-corrected chi connectivity index (χ0v) is 13.1. The first-order valence-corrected chi connectivity index (χ1v) is 7.20. The molecule has 1 unspecified atom stereocenters. The summed E-state index contributed by atoms with van der Waals surface area (Å²) in [7, 11) is 1.65. The van der Waals surface area contributed by atoms with Crippen LogP contribution in [0.2, 0.25) is 0 Å². The largest absolute Gasteiger partial charge is 0.497 e. The fourth-order valence-electron chi connectivity index (χ4n) is 1.95. The molecule has 2 aromatic carbocycles. The lowest BCUT2D eigenvalue weighted by Crippen LogP contribution is -2.18. The molecule has 2 rings (SSSR count). The van der Waals surface area contributed by atoms with E-state index in [4.69, 9.17) is 4.74 Å². The van der Waals surface area contributed by atoms with Crippen LogP contribution in [-0.2, 0) is 6.54 Å². The summed E-state index contributed by atoms with van der Waals surface area (Å²) in [5.41, 5.74) is 2.18. The van der Waals surface area contributed by atoms with Crippen molar-refractivity contribution >= 4 is 15.9 Å². The number of hydrogen-bond acceptors (Lipinski definition) is 2. The van der Waals surface area contributed by atoms with Gasteiger partial charge in [-0.1, -0.05) is 28.1 Å². The van der Waals surface area contributed by atoms with Gasteiger partial charge in [0.2, 0.25) is 0 Å². The van der Waals surface area contributed by atoms with Crippen molar-refractivity contribution in [1.29, 1.82) is 0 Å². The predicted molar refractivity (Wildman–Crippen MR) is 82.3 cm³/mol. The van der Waals surface area contributed by atoms with E-state index in [0.29, 0.717) is 6.54 Å². The van der Waals surface area contributed by atoms with Crippen molar-refractivity contribution in [2.24, 2.45) is 0 Å². The summed E-state index contributed by atoms with van der Waals surface area (Å²) in [4.78, 5) is 0. The van der Waals surface area contributed by atoms with Crippen molar-refractivity contribution in [1.82, 2.24) is 5.32 Å². The van der Waals surface area contributed by atoms with Crippen molar-refractivity contribution in [3.05, 3.63) is 63.9 Å². The lowest BCUT2D eigenvalue weighted by atomic mass is 10.1. The van der Waals surface area contributed by atoms with Gasteiger partial charge in [0, 0.05) is 17.1 Å². The number of ether oxygens (including phenoxy) is 1. The van der Waals surface area contributed by atoms with E-state index in [2.05, 4.69) is 28.2 Å². The minimum absolute atomic E-state index is 0.147. The van der Waals surface area contributed by atoms with Crippen LogP contribution in [0.1, 0.15) is 24.1 Å². The minimum Gasteiger partial charge on any atom is -0.497 e. The molecule has 0 fully saturated rings. The van der Waals surface area contributed by atoms with Crippen molar-refractivity contribution in [3.63, 3.8) is 0 Å². The molecule has 0 aliphatic rings. The molecule has 4 heteroatoms. The average molecular weight is 338 g/mol. The summed E-state index contributed by atoms with van der Waals surface area (Å²) in [5, 5.41) is 3.42. The summed E-state index contributed by atoms with van der Waals surface area (Å²) in [6, 6.07) is 12.6. The van der Waals surface area contributed by atoms with E-state index in [9.17, 15) is 4.39 Å². The molecule has 0 saturated heterocycles. The molecule has 1 N–H and O–H groups in total. The highest BCUT2D eigenvalue weighted by Gasteiger charge is 2.07. The van der Waals surface area contributed by atoms with Crippen LogP contribution >= 0.6 is 15.9 Å². The second kappa shape index (κ2) is 6.86. The Bertz CT molecular complexity index is 571. The first-order valence-electron chi connectivity index (χ1n) is 6.41. The molecule has 0 amide bonds. The predicted octanol–water partition coefficient (Wildman–Crippen LogP) is 4.45. The smallest absolute Gasteiger partial charge is 0.123 e. The van der Waals surface area contributed by atoms with Crippen LogP contribution < -0.4 is 10.1 Å². The molecule has 0 radical (unpaired) electrons. The fraction of sp³-hybridized carbons (Fsp3) is 0.250. The Morgan fingerprint density at radius 3 is 2.55 bits per heavy atom. The van der Waals surface area contributed by atoms with Gasteiger partial charge >= 0.3 is 0 Å². The lowest BCUT2D eigenvalue weighted by molar-refractivity contribution is 0.413. The van der Waals surface area contributed by atoms with Gasteiger partial charge in [-0.25, -0.2) is 4.39 Å². The third-order valence-electron chi connectivity index (χ3n) is 3.22. The van der Waals surface area contributed by atoms with E-state index < -0.39 is 0 Å². The topological polar surface area (TPSA) is 21.3 Å². The molecular weight excluding hydrogens is 321 g/mol. The average Bonchev–Trinajstić information content (AvgIpc) is 2.47. The lowest BCUT2D eigenvalue weighted by Gasteiger charge is -2.15. The zero-order valence-electron chi connectivity index (χ0n) is 11.5. The van der Waals surface area contributed by atoms with Gasteiger partial charge in [0.1, 0.15) is 11.6 Å². The number of nitrogens with one attached hydrogen (secondary N) is 1. The molecule has 0 aliphatic heterocycles. The summed E-state index contributed by atoms with van der Waals surface area (Å²) >= 11 is 3.53. The Labute approximate surface area is 127 Å². The highest BCUT2D eigenvalue weighted by atomic mass is 79.9. The number of rotatable bonds is 5. The highest BCUT2D eigenvalue weighted by molar-refractivity contribution is 9.10. The van der Waals surface area contributed by atoms with Crippen molar-refractivity contribution in [2.45, 2.75) is 19.5 Å². The quantitative estimate of drug-likeness (QED) is 0.870. The van der Waals surface area contributed by atoms with Gasteiger partial charge in [-0.15, -0.1) is 0 Å². The number of benzene rings is 2. The number of halogens is 2. The molecule has 0 aliphatic carbocycles. The van der Waals surface area contributed by atoms with Crippen molar-refractivity contribution in [2.75, 3.05) is 7.11 Å². The fourth-order valence-corrected chi connectivity index (χ4v) is 2.33. The SMILES string of the molecule is COc1ccc(Br)c(CNC(C)c2ccc(F)cc2)c1. The molecule has 0 spiro atoms. The molecule has 1 atom stereocenters. The molecule has 0 aromatic heterocycles. The first-order chi connectivity index (χ1) is 9.60. The van der Waals surface area contributed by atoms with Crippen LogP contribution in [0.5, 0.6) is 5.75 Å². The molecule has 20 heavy (non-hydrogen) atoms. The summed E-state index contributed by atoms with van der Waals surface area (Å²) in [6.45, 7) is 2.76. The highest BCUT2D eigenvalue weighted by Crippen LogP contribution is 2.23. The van der Waals surface area contributed by atoms with Crippen LogP contribution in [0.15, 0.2) is 46.9 Å². The Morgan fingerprint density at radius 1 is 1.20 bits per heavy atom. The van der Waals surface area contributed by atoms with Crippen LogP contribution in [0.25, 0.3) is 0 Å². The summed E-state index contributed by atoms with van der Waals surface area (Å²) < 4.78 is 19.2. The number of methoxy groups -OCH3 is 1. The van der Waals surface area contributed by atoms with Crippen molar-refractivity contribution < 1.29 is 9.13 Å². The molecule has 2 nitrogen and oxygen atoms in total. The van der Waals surface area contributed by atoms with E-state index in [1.165, 1.54) is 12.1 Å². The van der Waals surface area contributed by atoms with Gasteiger partial charge in [0.25, 0.3) is 0 Å². The van der Waals surface area contributed by atoms with E-state index in [0.717, 1.165) is 21.3 Å². The van der Waals surface area contributed by atoms with Crippen LogP contribution in [0, 0.1) is 5.82 Å². The van der Waals surface area contributed by atoms with Crippen LogP contribution in [-0.4, -0.2) is 7.11 Å². The second-order valence-electron chi connectivity index (χ2n) is 4.61. The number of hydrogen-bond donors (Lipinski definition) is 1. The Morgan fingerprint density at radius 2 is 1.90 bits per heavy atom. The van der Waals surface area contributed by atoms with E-state index in [1.807, 2.05) is 18.2 Å². The Balaban J connectivity index is 2.02. The summed E-state index contributed by atoms with van der Waals surface area (Å²) in [5.74, 6) is 0.621. The maximum atomic E-state index is 12.9. The first kappa shape index (κ1) is 15.0. The van der Waals surface area contributed by atoms with Gasteiger partial charge in [-0.3, -0.25) is 0 Å². The maximum Gasteiger partial charge on any atom is 0.123 e. The third kappa shape index (κ3) is 3.81. The van der Waals surface area contributed by atoms with E-state index in [1.54, 1.807) is 19.2 Å². The maximum absolute atomic E-state index is 12.9. The van der Waals surface area contributed by atoms with Gasteiger partial charge in [-0.2, -0.15) is 0 Å². The monoisotopic (exact) mass is 337 g/mol. The second-order valence-corrected chi connectivity index (χ2v) is 5.47. The molecule has 2 aromatic rings. The van der Waals surface area contributed by atoms with Crippen LogP contribution in [0.4, 0.5) is 4.39 Å². The van der Waals surface area contributed by atoms with E-state index in [-0.39, 0.29) is 11.9 Å². The normalized spacial score (nSPS) is 12.2. The van der Waals surface area contributed by atoms with Gasteiger partial charge in [0.05, 0.1) is 7.11 Å². The molecule has 0 heterocycles. The van der Waals surface area contributed by atoms with Gasteiger partial charge < -0.3 is 10.1 Å². The Kier molecular flexibility index (Phi) is 5.15. The summed E-state index contributed by atoms with van der Waals surface area (Å²) in [6.07, 6.45) is 0. The molecule has 0 bridgehead atoms. The standard InChI is InChI=1S/C16H17BrFNO/c1-11(12-3-5-14(18)6-4-12)19-10-13-9-15(20-2)7-8-16(13)17/h3-9,11,19H,10H2,1-2H3. The molecule has 106 valence electrons. The zero-order chi connectivity index (χ0) is 14.5. The molecule has 0 saturated carbocycles. The molecular formula is C16H17BrFNO. The van der Waals surface area contributed by atoms with Crippen LogP contribution in [0.3, 0.4) is 0 Å². The van der Waals surface area contributed by atoms with Gasteiger partial charge in [-0.05, 0) is 48.4 Å². The third-order valence-corrected chi connectivity index (χ3v) is 4.00. The van der Waals surface area contributed by atoms with Gasteiger partial charge in [0.15, 0.2) is 0 Å². The van der Waals surface area contributed by atoms with Crippen molar-refractivity contribution in [3.8, 4) is 5.75 Å². The van der Waals surface area contributed by atoms with E-state index >= 15 is 0 Å². The Hall–Kier alpha value is -1.39.